The zero-order valence-electron chi connectivity index (χ0n) is 15.3. The molecule has 0 aliphatic carbocycles. The first kappa shape index (κ1) is 19.4. The minimum Gasteiger partial charge on any atom is -0.484 e. The van der Waals surface area contributed by atoms with E-state index in [-0.39, 0.29) is 18.9 Å². The highest BCUT2D eigenvalue weighted by Crippen LogP contribution is 2.25. The Bertz CT molecular complexity index is 853. The van der Waals surface area contributed by atoms with E-state index in [1.807, 2.05) is 36.4 Å². The molecular formula is C21H22N2O5. The zero-order chi connectivity index (χ0) is 19.9. The molecule has 1 saturated heterocycles. The summed E-state index contributed by atoms with van der Waals surface area (Å²) in [4.78, 5) is 37.1. The highest BCUT2D eigenvalue weighted by Gasteiger charge is 2.22. The average Bonchev–Trinajstić information content (AvgIpc) is 3.13. The minimum atomic E-state index is -1.10. The summed E-state index contributed by atoms with van der Waals surface area (Å²) in [6.45, 7) is 0.360. The number of nitrogens with zero attached hydrogens (tertiary/aromatic N) is 1. The predicted octanol–water partition coefficient (Wildman–Crippen LogP) is 2.00. The Labute approximate surface area is 162 Å². The second-order valence-corrected chi connectivity index (χ2v) is 6.58. The van der Waals surface area contributed by atoms with Gasteiger partial charge in [-0.25, -0.2) is 4.79 Å². The van der Waals surface area contributed by atoms with Crippen molar-refractivity contribution in [2.75, 3.05) is 18.1 Å². The quantitative estimate of drug-likeness (QED) is 0.728. The minimum absolute atomic E-state index is 0.0695. The third-order valence-electron chi connectivity index (χ3n) is 4.49. The van der Waals surface area contributed by atoms with Crippen molar-refractivity contribution in [2.24, 2.45) is 0 Å². The van der Waals surface area contributed by atoms with Crippen molar-refractivity contribution in [3.05, 3.63) is 60.2 Å². The molecule has 1 fully saturated rings. The van der Waals surface area contributed by atoms with Crippen LogP contribution in [-0.4, -0.2) is 42.1 Å². The zero-order valence-corrected chi connectivity index (χ0v) is 15.3. The van der Waals surface area contributed by atoms with E-state index < -0.39 is 17.9 Å². The average molecular weight is 382 g/mol. The molecule has 2 N–H and O–H groups in total. The highest BCUT2D eigenvalue weighted by molar-refractivity contribution is 5.95. The summed E-state index contributed by atoms with van der Waals surface area (Å²) < 4.78 is 5.49. The van der Waals surface area contributed by atoms with Crippen LogP contribution in [0.4, 0.5) is 5.69 Å². The van der Waals surface area contributed by atoms with Gasteiger partial charge in [-0.3, -0.25) is 9.59 Å². The third kappa shape index (κ3) is 5.09. The lowest BCUT2D eigenvalue weighted by Gasteiger charge is -2.17. The van der Waals surface area contributed by atoms with Gasteiger partial charge in [0.1, 0.15) is 11.8 Å². The summed E-state index contributed by atoms with van der Waals surface area (Å²) in [7, 11) is 0. The fourth-order valence-corrected chi connectivity index (χ4v) is 3.10. The molecule has 0 saturated carbocycles. The van der Waals surface area contributed by atoms with Gasteiger partial charge in [0.25, 0.3) is 5.91 Å². The molecule has 2 aromatic rings. The number of benzene rings is 2. The van der Waals surface area contributed by atoms with Crippen molar-refractivity contribution in [1.82, 2.24) is 5.32 Å². The van der Waals surface area contributed by atoms with Crippen LogP contribution >= 0.6 is 0 Å². The lowest BCUT2D eigenvalue weighted by atomic mass is 10.1. The maximum absolute atomic E-state index is 12.2. The van der Waals surface area contributed by atoms with Gasteiger partial charge in [0.2, 0.25) is 5.91 Å². The lowest BCUT2D eigenvalue weighted by Crippen LogP contribution is -2.44. The van der Waals surface area contributed by atoms with Crippen LogP contribution in [0.5, 0.6) is 5.75 Å². The summed E-state index contributed by atoms with van der Waals surface area (Å²) in [6.07, 6.45) is 1.55. The summed E-state index contributed by atoms with van der Waals surface area (Å²) >= 11 is 0. The third-order valence-corrected chi connectivity index (χ3v) is 4.49. The SMILES string of the molecule is O=C(COc1cccc(N2CCCC2=O)c1)N[C@@H](Cc1ccccc1)C(=O)O. The lowest BCUT2D eigenvalue weighted by molar-refractivity contribution is -0.142. The van der Waals surface area contributed by atoms with E-state index in [1.165, 1.54) is 0 Å². The highest BCUT2D eigenvalue weighted by atomic mass is 16.5. The number of carbonyl (C=O) groups excluding carboxylic acids is 2. The van der Waals surface area contributed by atoms with E-state index in [1.54, 1.807) is 23.1 Å². The largest absolute Gasteiger partial charge is 0.484 e. The molecule has 1 heterocycles. The fraction of sp³-hybridized carbons (Fsp3) is 0.286. The van der Waals surface area contributed by atoms with Gasteiger partial charge in [0.05, 0.1) is 0 Å². The van der Waals surface area contributed by atoms with Crippen LogP contribution in [0.3, 0.4) is 0 Å². The predicted molar refractivity (Wildman–Crippen MR) is 103 cm³/mol. The van der Waals surface area contributed by atoms with Gasteiger partial charge in [-0.15, -0.1) is 0 Å². The smallest absolute Gasteiger partial charge is 0.326 e. The topological polar surface area (TPSA) is 95.9 Å². The molecule has 7 heteroatoms. The Balaban J connectivity index is 1.55. The molecule has 146 valence electrons. The number of carboxylic acids is 1. The molecule has 7 nitrogen and oxygen atoms in total. The second kappa shape index (κ2) is 9.03. The number of rotatable bonds is 8. The molecule has 0 radical (unpaired) electrons. The monoisotopic (exact) mass is 382 g/mol. The molecule has 1 aliphatic rings. The normalized spacial score (nSPS) is 14.6. The van der Waals surface area contributed by atoms with E-state index >= 15 is 0 Å². The van der Waals surface area contributed by atoms with Crippen molar-refractivity contribution >= 4 is 23.5 Å². The van der Waals surface area contributed by atoms with Gasteiger partial charge in [0.15, 0.2) is 6.61 Å². The van der Waals surface area contributed by atoms with Crippen LogP contribution < -0.4 is 15.0 Å². The van der Waals surface area contributed by atoms with Crippen molar-refractivity contribution in [3.8, 4) is 5.75 Å². The number of carbonyl (C=O) groups is 3. The summed E-state index contributed by atoms with van der Waals surface area (Å²) in [5.74, 6) is -1.11. The molecule has 0 spiro atoms. The summed E-state index contributed by atoms with van der Waals surface area (Å²) in [5.41, 5.74) is 1.55. The van der Waals surface area contributed by atoms with Crippen LogP contribution in [0.1, 0.15) is 18.4 Å². The molecule has 0 bridgehead atoms. The Kier molecular flexibility index (Phi) is 6.26. The maximum Gasteiger partial charge on any atom is 0.326 e. The first-order valence-electron chi connectivity index (χ1n) is 9.12. The Morgan fingerprint density at radius 1 is 1.14 bits per heavy atom. The van der Waals surface area contributed by atoms with Crippen LogP contribution in [0.15, 0.2) is 54.6 Å². The number of ether oxygens (including phenoxy) is 1. The van der Waals surface area contributed by atoms with Crippen LogP contribution in [0.2, 0.25) is 0 Å². The van der Waals surface area contributed by atoms with Crippen LogP contribution in [0.25, 0.3) is 0 Å². The first-order chi connectivity index (χ1) is 13.5. The Hall–Kier alpha value is -3.35. The van der Waals surface area contributed by atoms with E-state index in [4.69, 9.17) is 4.74 Å². The van der Waals surface area contributed by atoms with E-state index in [0.717, 1.165) is 17.7 Å². The first-order valence-corrected chi connectivity index (χ1v) is 9.12. The molecular weight excluding hydrogens is 360 g/mol. The Morgan fingerprint density at radius 2 is 1.93 bits per heavy atom. The number of carboxylic acid groups (broad SMARTS) is 1. The van der Waals surface area contributed by atoms with Gasteiger partial charge < -0.3 is 20.1 Å². The molecule has 0 aromatic heterocycles. The number of amides is 2. The number of anilines is 1. The van der Waals surface area contributed by atoms with Gasteiger partial charge in [-0.2, -0.15) is 0 Å². The molecule has 2 aromatic carbocycles. The fourth-order valence-electron chi connectivity index (χ4n) is 3.10. The van der Waals surface area contributed by atoms with E-state index in [9.17, 15) is 19.5 Å². The Morgan fingerprint density at radius 3 is 2.61 bits per heavy atom. The number of nitrogens with one attached hydrogen (secondary N) is 1. The molecule has 1 aliphatic heterocycles. The molecule has 1 atom stereocenters. The molecule has 2 amide bonds. The van der Waals surface area contributed by atoms with E-state index in [0.29, 0.717) is 18.7 Å². The molecule has 3 rings (SSSR count). The van der Waals surface area contributed by atoms with Crippen molar-refractivity contribution < 1.29 is 24.2 Å². The molecule has 0 unspecified atom stereocenters. The van der Waals surface area contributed by atoms with Crippen molar-refractivity contribution in [3.63, 3.8) is 0 Å². The van der Waals surface area contributed by atoms with Crippen molar-refractivity contribution in [1.29, 1.82) is 0 Å². The number of aliphatic carboxylic acids is 1. The van der Waals surface area contributed by atoms with E-state index in [2.05, 4.69) is 5.32 Å². The van der Waals surface area contributed by atoms with Crippen LogP contribution in [0, 0.1) is 0 Å². The number of hydrogen-bond acceptors (Lipinski definition) is 4. The van der Waals surface area contributed by atoms with Gasteiger partial charge >= 0.3 is 5.97 Å². The van der Waals surface area contributed by atoms with Gasteiger partial charge in [0, 0.05) is 31.1 Å². The summed E-state index contributed by atoms with van der Waals surface area (Å²) in [6, 6.07) is 15.0. The molecule has 28 heavy (non-hydrogen) atoms. The standard InChI is InChI=1S/C21H22N2O5/c24-19(22-18(21(26)27)12-15-6-2-1-3-7-15)14-28-17-9-4-8-16(13-17)23-11-5-10-20(23)25/h1-4,6-9,13,18H,5,10-12,14H2,(H,22,24)(H,26,27)/t18-/m0/s1. The number of hydrogen-bond donors (Lipinski definition) is 2. The van der Waals surface area contributed by atoms with Gasteiger partial charge in [-0.05, 0) is 24.1 Å². The second-order valence-electron chi connectivity index (χ2n) is 6.58. The van der Waals surface area contributed by atoms with Crippen LogP contribution in [-0.2, 0) is 20.8 Å². The van der Waals surface area contributed by atoms with Gasteiger partial charge in [-0.1, -0.05) is 36.4 Å². The summed E-state index contributed by atoms with van der Waals surface area (Å²) in [5, 5.41) is 11.8. The maximum atomic E-state index is 12.2. The van der Waals surface area contributed by atoms with Crippen molar-refractivity contribution in [2.45, 2.75) is 25.3 Å².